The Morgan fingerprint density at radius 2 is 1.97 bits per heavy atom. The summed E-state index contributed by atoms with van der Waals surface area (Å²) in [7, 11) is 1.58. The normalized spacial score (nSPS) is 19.8. The van der Waals surface area contributed by atoms with Gasteiger partial charge in [0.05, 0.1) is 44.7 Å². The molecule has 0 radical (unpaired) electrons. The summed E-state index contributed by atoms with van der Waals surface area (Å²) in [6.07, 6.45) is 2.15. The van der Waals surface area contributed by atoms with E-state index in [4.69, 9.17) is 13.9 Å². The number of Topliss-reactive ketones (excluding diaryl/α,β-unsaturated/α-hetero) is 1. The number of carbonyl (C=O) groups is 2. The molecule has 0 bridgehead atoms. The number of quaternary nitrogens is 1. The first-order valence-corrected chi connectivity index (χ1v) is 10.5. The lowest BCUT2D eigenvalue weighted by molar-refractivity contribution is -0.908. The first-order valence-electron chi connectivity index (χ1n) is 10.5. The third-order valence-corrected chi connectivity index (χ3v) is 5.85. The lowest BCUT2D eigenvalue weighted by Crippen LogP contribution is -3.14. The van der Waals surface area contributed by atoms with Gasteiger partial charge in [-0.25, -0.2) is 0 Å². The molecule has 8 heteroatoms. The van der Waals surface area contributed by atoms with Crippen molar-refractivity contribution in [3.05, 3.63) is 65.3 Å². The van der Waals surface area contributed by atoms with Crippen LogP contribution in [0.4, 0.5) is 0 Å². The fraction of sp³-hybridized carbons (Fsp3) is 0.391. The van der Waals surface area contributed by atoms with E-state index in [2.05, 4.69) is 0 Å². The Balaban J connectivity index is 1.59. The van der Waals surface area contributed by atoms with E-state index in [0.29, 0.717) is 12.3 Å². The monoisotopic (exact) mass is 427 g/mol. The van der Waals surface area contributed by atoms with Crippen molar-refractivity contribution in [1.82, 2.24) is 4.90 Å². The molecule has 8 nitrogen and oxygen atoms in total. The standard InChI is InChI=1S/C23H26N2O6/c1-29-17-7-5-16(6-8-17)20-19(21(26)18-4-2-13-31-18)22(27)23(28)25(20)10-3-9-24-11-14-30-15-12-24/h2,4-8,13,20,27H,3,9-12,14-15H2,1H3/p+1. The number of hydrogen-bond donors (Lipinski definition) is 2. The Morgan fingerprint density at radius 1 is 1.23 bits per heavy atom. The van der Waals surface area contributed by atoms with Crippen LogP contribution in [0.15, 0.2) is 58.4 Å². The Hall–Kier alpha value is -3.10. The van der Waals surface area contributed by atoms with Gasteiger partial charge >= 0.3 is 0 Å². The molecule has 0 spiro atoms. The largest absolute Gasteiger partial charge is 0.503 e. The number of aliphatic hydroxyl groups excluding tert-OH is 1. The number of carbonyl (C=O) groups excluding carboxylic acids is 2. The molecule has 3 heterocycles. The third-order valence-electron chi connectivity index (χ3n) is 5.85. The third kappa shape index (κ3) is 4.35. The Morgan fingerprint density at radius 3 is 2.61 bits per heavy atom. The van der Waals surface area contributed by atoms with Crippen molar-refractivity contribution in [3.63, 3.8) is 0 Å². The van der Waals surface area contributed by atoms with Crippen LogP contribution in [0.3, 0.4) is 0 Å². The zero-order valence-electron chi connectivity index (χ0n) is 17.5. The van der Waals surface area contributed by atoms with Crippen LogP contribution in [0, 0.1) is 0 Å². The molecule has 1 atom stereocenters. The molecule has 1 unspecified atom stereocenters. The fourth-order valence-corrected chi connectivity index (χ4v) is 4.20. The van der Waals surface area contributed by atoms with E-state index in [9.17, 15) is 14.7 Å². The van der Waals surface area contributed by atoms with Gasteiger partial charge in [0, 0.05) is 13.0 Å². The zero-order chi connectivity index (χ0) is 21.8. The van der Waals surface area contributed by atoms with Gasteiger partial charge in [0.2, 0.25) is 5.78 Å². The van der Waals surface area contributed by atoms with Crippen molar-refractivity contribution in [2.24, 2.45) is 0 Å². The molecule has 31 heavy (non-hydrogen) atoms. The predicted molar refractivity (Wildman–Crippen MR) is 111 cm³/mol. The van der Waals surface area contributed by atoms with Crippen LogP contribution < -0.4 is 9.64 Å². The lowest BCUT2D eigenvalue weighted by atomic mass is 9.95. The van der Waals surface area contributed by atoms with E-state index in [1.165, 1.54) is 17.2 Å². The number of amides is 1. The average Bonchev–Trinajstić information content (AvgIpc) is 3.43. The number of nitrogens with zero attached hydrogens (tertiary/aromatic N) is 1. The van der Waals surface area contributed by atoms with Crippen LogP contribution in [0.25, 0.3) is 0 Å². The van der Waals surface area contributed by atoms with E-state index in [-0.39, 0.29) is 11.3 Å². The fourth-order valence-electron chi connectivity index (χ4n) is 4.20. The van der Waals surface area contributed by atoms with Crippen molar-refractivity contribution >= 4 is 11.7 Å². The first kappa shape index (κ1) is 21.1. The van der Waals surface area contributed by atoms with Gasteiger partial charge in [-0.3, -0.25) is 9.59 Å². The van der Waals surface area contributed by atoms with Gasteiger partial charge in [-0.1, -0.05) is 12.1 Å². The molecular weight excluding hydrogens is 400 g/mol. The van der Waals surface area contributed by atoms with E-state index < -0.39 is 23.5 Å². The van der Waals surface area contributed by atoms with Crippen LogP contribution in [0.1, 0.15) is 28.6 Å². The molecule has 1 amide bonds. The summed E-state index contributed by atoms with van der Waals surface area (Å²) >= 11 is 0. The van der Waals surface area contributed by atoms with Gasteiger partial charge in [0.15, 0.2) is 11.5 Å². The summed E-state index contributed by atoms with van der Waals surface area (Å²) < 4.78 is 15.9. The van der Waals surface area contributed by atoms with Crippen LogP contribution in [0.5, 0.6) is 5.75 Å². The van der Waals surface area contributed by atoms with E-state index in [0.717, 1.165) is 44.8 Å². The highest BCUT2D eigenvalue weighted by molar-refractivity contribution is 6.15. The number of aliphatic hydroxyl groups is 1. The van der Waals surface area contributed by atoms with Crippen molar-refractivity contribution < 1.29 is 33.5 Å². The second-order valence-electron chi connectivity index (χ2n) is 7.71. The summed E-state index contributed by atoms with van der Waals surface area (Å²) in [6.45, 7) is 4.71. The molecule has 1 saturated heterocycles. The van der Waals surface area contributed by atoms with Crippen LogP contribution >= 0.6 is 0 Å². The maximum atomic E-state index is 13.1. The number of benzene rings is 1. The second kappa shape index (κ2) is 9.36. The molecule has 2 aliphatic heterocycles. The summed E-state index contributed by atoms with van der Waals surface area (Å²) in [5.74, 6) is -0.776. The van der Waals surface area contributed by atoms with E-state index >= 15 is 0 Å². The maximum Gasteiger partial charge on any atom is 0.290 e. The smallest absolute Gasteiger partial charge is 0.290 e. The molecule has 0 saturated carbocycles. The highest BCUT2D eigenvalue weighted by Gasteiger charge is 2.44. The number of methoxy groups -OCH3 is 1. The predicted octanol–water partition coefficient (Wildman–Crippen LogP) is 1.17. The summed E-state index contributed by atoms with van der Waals surface area (Å²) in [5, 5.41) is 10.7. The average molecular weight is 427 g/mol. The number of ketones is 1. The molecule has 2 N–H and O–H groups in total. The minimum Gasteiger partial charge on any atom is -0.503 e. The Bertz CT molecular complexity index is 945. The minimum absolute atomic E-state index is 0.0452. The Labute approximate surface area is 180 Å². The molecule has 2 aromatic rings. The number of rotatable bonds is 8. The Kier molecular flexibility index (Phi) is 6.39. The molecular formula is C23H27N2O6+. The van der Waals surface area contributed by atoms with Crippen LogP contribution in [-0.4, -0.2) is 68.2 Å². The molecule has 1 aromatic heterocycles. The molecule has 1 aromatic carbocycles. The van der Waals surface area contributed by atoms with Crippen molar-refractivity contribution in [3.8, 4) is 5.75 Å². The maximum absolute atomic E-state index is 13.1. The van der Waals surface area contributed by atoms with Gasteiger partial charge in [0.1, 0.15) is 18.8 Å². The highest BCUT2D eigenvalue weighted by Crippen LogP contribution is 2.39. The lowest BCUT2D eigenvalue weighted by Gasteiger charge is -2.28. The SMILES string of the molecule is COc1ccc(C2C(C(=O)c3ccco3)=C(O)C(=O)N2CCC[NH+]2CCOCC2)cc1. The molecule has 2 aliphatic rings. The highest BCUT2D eigenvalue weighted by atomic mass is 16.5. The van der Waals surface area contributed by atoms with Crippen LogP contribution in [0.2, 0.25) is 0 Å². The minimum atomic E-state index is -0.685. The van der Waals surface area contributed by atoms with Gasteiger partial charge in [-0.15, -0.1) is 0 Å². The summed E-state index contributed by atoms with van der Waals surface area (Å²) in [5.41, 5.74) is 0.774. The quantitative estimate of drug-likeness (QED) is 0.615. The summed E-state index contributed by atoms with van der Waals surface area (Å²) in [6, 6.07) is 9.63. The molecule has 1 fully saturated rings. The van der Waals surface area contributed by atoms with Gasteiger partial charge in [-0.05, 0) is 29.8 Å². The number of ether oxygens (including phenoxy) is 2. The molecule has 0 aliphatic carbocycles. The van der Waals surface area contributed by atoms with Crippen molar-refractivity contribution in [1.29, 1.82) is 0 Å². The first-order chi connectivity index (χ1) is 15.1. The van der Waals surface area contributed by atoms with Crippen molar-refractivity contribution in [2.45, 2.75) is 12.5 Å². The number of hydrogen-bond acceptors (Lipinski definition) is 6. The van der Waals surface area contributed by atoms with Crippen molar-refractivity contribution in [2.75, 3.05) is 46.5 Å². The number of furan rings is 1. The second-order valence-corrected chi connectivity index (χ2v) is 7.71. The van der Waals surface area contributed by atoms with E-state index in [1.807, 2.05) is 12.1 Å². The molecule has 164 valence electrons. The number of morpholine rings is 1. The topological polar surface area (TPSA) is 93.7 Å². The zero-order valence-corrected chi connectivity index (χ0v) is 17.5. The summed E-state index contributed by atoms with van der Waals surface area (Å²) in [4.78, 5) is 29.1. The van der Waals surface area contributed by atoms with Gasteiger partial charge in [-0.2, -0.15) is 0 Å². The van der Waals surface area contributed by atoms with Crippen LogP contribution in [-0.2, 0) is 9.53 Å². The van der Waals surface area contributed by atoms with Gasteiger partial charge < -0.3 is 28.8 Å². The van der Waals surface area contributed by atoms with Gasteiger partial charge in [0.25, 0.3) is 5.91 Å². The molecule has 4 rings (SSSR count). The number of nitrogens with one attached hydrogen (secondary N) is 1. The van der Waals surface area contributed by atoms with E-state index in [1.54, 1.807) is 30.2 Å².